The third kappa shape index (κ3) is 3.14. The summed E-state index contributed by atoms with van der Waals surface area (Å²) < 4.78 is 2.10. The fraction of sp³-hybridized carbons (Fsp3) is 0.533. The number of benzene rings is 1. The molecule has 2 rings (SSSR count). The van der Waals surface area contributed by atoms with Crippen LogP contribution in [0.2, 0.25) is 0 Å². The monoisotopic (exact) mass is 261 g/mol. The third-order valence-corrected chi connectivity index (χ3v) is 3.53. The van der Waals surface area contributed by atoms with E-state index in [9.17, 15) is 5.11 Å². The minimum absolute atomic E-state index is 0.0777. The van der Waals surface area contributed by atoms with Gasteiger partial charge in [0, 0.05) is 32.2 Å². The molecule has 0 saturated carbocycles. The Morgan fingerprint density at radius 2 is 2.11 bits per heavy atom. The van der Waals surface area contributed by atoms with Crippen molar-refractivity contribution >= 4 is 11.0 Å². The molecule has 4 nitrogen and oxygen atoms in total. The van der Waals surface area contributed by atoms with Crippen molar-refractivity contribution in [2.24, 2.45) is 12.5 Å². The van der Waals surface area contributed by atoms with E-state index in [1.54, 1.807) is 0 Å². The summed E-state index contributed by atoms with van der Waals surface area (Å²) >= 11 is 0. The van der Waals surface area contributed by atoms with Crippen LogP contribution in [0.5, 0.6) is 0 Å². The lowest BCUT2D eigenvalue weighted by Crippen LogP contribution is -2.31. The van der Waals surface area contributed by atoms with Crippen molar-refractivity contribution in [1.82, 2.24) is 14.9 Å². The van der Waals surface area contributed by atoms with Gasteiger partial charge in [-0.1, -0.05) is 19.9 Å². The van der Waals surface area contributed by atoms with Crippen molar-refractivity contribution in [3.05, 3.63) is 29.6 Å². The number of nitrogens with zero attached hydrogens (tertiary/aromatic N) is 2. The quantitative estimate of drug-likeness (QED) is 0.865. The van der Waals surface area contributed by atoms with Crippen molar-refractivity contribution in [1.29, 1.82) is 0 Å². The van der Waals surface area contributed by atoms with E-state index in [1.807, 2.05) is 27.8 Å². The Kier molecular flexibility index (Phi) is 3.92. The van der Waals surface area contributed by atoms with Crippen LogP contribution in [-0.2, 0) is 13.6 Å². The molecule has 0 fully saturated rings. The van der Waals surface area contributed by atoms with E-state index in [1.165, 1.54) is 5.56 Å². The van der Waals surface area contributed by atoms with Gasteiger partial charge in [-0.25, -0.2) is 4.98 Å². The zero-order valence-electron chi connectivity index (χ0n) is 12.2. The average Bonchev–Trinajstić information content (AvgIpc) is 2.65. The summed E-state index contributed by atoms with van der Waals surface area (Å²) in [6.07, 6.45) is 0. The predicted octanol–water partition coefficient (Wildman–Crippen LogP) is 1.99. The summed E-state index contributed by atoms with van der Waals surface area (Å²) in [6, 6.07) is 6.37. The maximum Gasteiger partial charge on any atom is 0.106 e. The summed E-state index contributed by atoms with van der Waals surface area (Å²) in [5, 5.41) is 12.6. The molecule has 1 heterocycles. The van der Waals surface area contributed by atoms with Gasteiger partial charge in [-0.2, -0.15) is 0 Å². The Labute approximate surface area is 114 Å². The standard InChI is InChI=1S/C15H23N3O/c1-11-17-13-7-12(5-6-14(13)18(11)4)8-16-9-15(2,3)10-19/h5-7,16,19H,8-10H2,1-4H3. The van der Waals surface area contributed by atoms with Gasteiger partial charge in [0.15, 0.2) is 0 Å². The fourth-order valence-electron chi connectivity index (χ4n) is 2.08. The first kappa shape index (κ1) is 14.0. The van der Waals surface area contributed by atoms with Crippen LogP contribution in [0.25, 0.3) is 11.0 Å². The van der Waals surface area contributed by atoms with Crippen LogP contribution in [-0.4, -0.2) is 27.8 Å². The molecule has 0 aliphatic carbocycles. The van der Waals surface area contributed by atoms with Gasteiger partial charge in [0.25, 0.3) is 0 Å². The first-order chi connectivity index (χ1) is 8.93. The second-order valence-electron chi connectivity index (χ2n) is 5.97. The number of fused-ring (bicyclic) bond motifs is 1. The largest absolute Gasteiger partial charge is 0.396 e. The second-order valence-corrected chi connectivity index (χ2v) is 5.97. The van der Waals surface area contributed by atoms with Crippen molar-refractivity contribution in [2.75, 3.05) is 13.2 Å². The maximum atomic E-state index is 9.21. The molecule has 1 aromatic heterocycles. The maximum absolute atomic E-state index is 9.21. The van der Waals surface area contributed by atoms with E-state index in [0.29, 0.717) is 0 Å². The van der Waals surface area contributed by atoms with Gasteiger partial charge in [0.2, 0.25) is 0 Å². The molecular formula is C15H23N3O. The summed E-state index contributed by atoms with van der Waals surface area (Å²) in [5.74, 6) is 1.03. The van der Waals surface area contributed by atoms with Crippen LogP contribution in [0, 0.1) is 12.3 Å². The molecule has 0 saturated heterocycles. The Morgan fingerprint density at radius 3 is 2.79 bits per heavy atom. The molecule has 0 amide bonds. The number of imidazole rings is 1. The molecule has 0 radical (unpaired) electrons. The van der Waals surface area contributed by atoms with Crippen molar-refractivity contribution in [3.8, 4) is 0 Å². The first-order valence-electron chi connectivity index (χ1n) is 6.66. The molecule has 0 bridgehead atoms. The van der Waals surface area contributed by atoms with Crippen LogP contribution in [0.15, 0.2) is 18.2 Å². The van der Waals surface area contributed by atoms with E-state index in [2.05, 4.69) is 33.1 Å². The van der Waals surface area contributed by atoms with E-state index in [-0.39, 0.29) is 12.0 Å². The molecule has 0 aliphatic rings. The highest BCUT2D eigenvalue weighted by atomic mass is 16.3. The number of aryl methyl sites for hydroxylation is 2. The molecule has 0 aliphatic heterocycles. The molecule has 104 valence electrons. The molecule has 19 heavy (non-hydrogen) atoms. The molecule has 0 atom stereocenters. The van der Waals surface area contributed by atoms with Crippen molar-refractivity contribution in [3.63, 3.8) is 0 Å². The molecule has 0 unspecified atom stereocenters. The number of aromatic nitrogens is 2. The molecule has 2 aromatic rings. The molecule has 1 aromatic carbocycles. The SMILES string of the molecule is Cc1nc2cc(CNCC(C)(C)CO)ccc2n1C. The van der Waals surface area contributed by atoms with Gasteiger partial charge in [-0.3, -0.25) is 0 Å². The van der Waals surface area contributed by atoms with Crippen LogP contribution < -0.4 is 5.32 Å². The van der Waals surface area contributed by atoms with Gasteiger partial charge < -0.3 is 15.0 Å². The zero-order chi connectivity index (χ0) is 14.0. The summed E-state index contributed by atoms with van der Waals surface area (Å²) in [4.78, 5) is 4.54. The highest BCUT2D eigenvalue weighted by molar-refractivity contribution is 5.76. The minimum atomic E-state index is -0.0777. The average molecular weight is 261 g/mol. The normalized spacial score (nSPS) is 12.3. The van der Waals surface area contributed by atoms with Crippen molar-refractivity contribution in [2.45, 2.75) is 27.3 Å². The smallest absolute Gasteiger partial charge is 0.106 e. The second kappa shape index (κ2) is 5.31. The molecule has 4 heteroatoms. The van der Waals surface area contributed by atoms with E-state index < -0.39 is 0 Å². The summed E-state index contributed by atoms with van der Waals surface area (Å²) in [7, 11) is 2.03. The highest BCUT2D eigenvalue weighted by Gasteiger charge is 2.15. The van der Waals surface area contributed by atoms with E-state index in [4.69, 9.17) is 0 Å². The Bertz CT molecular complexity index is 572. The van der Waals surface area contributed by atoms with Crippen LogP contribution in [0.4, 0.5) is 0 Å². The zero-order valence-corrected chi connectivity index (χ0v) is 12.2. The van der Waals surface area contributed by atoms with Gasteiger partial charge in [0.1, 0.15) is 5.82 Å². The van der Waals surface area contributed by atoms with Crippen molar-refractivity contribution < 1.29 is 5.11 Å². The van der Waals surface area contributed by atoms with E-state index >= 15 is 0 Å². The Morgan fingerprint density at radius 1 is 1.37 bits per heavy atom. The number of aliphatic hydroxyl groups is 1. The number of rotatable bonds is 5. The first-order valence-corrected chi connectivity index (χ1v) is 6.66. The lowest BCUT2D eigenvalue weighted by Gasteiger charge is -2.21. The molecule has 2 N–H and O–H groups in total. The van der Waals surface area contributed by atoms with Gasteiger partial charge in [-0.15, -0.1) is 0 Å². The highest BCUT2D eigenvalue weighted by Crippen LogP contribution is 2.17. The fourth-order valence-corrected chi connectivity index (χ4v) is 2.08. The minimum Gasteiger partial charge on any atom is -0.396 e. The molecule has 0 spiro atoms. The van der Waals surface area contributed by atoms with E-state index in [0.717, 1.165) is 29.9 Å². The number of nitrogens with one attached hydrogen (secondary N) is 1. The van der Waals surface area contributed by atoms with Crippen LogP contribution >= 0.6 is 0 Å². The summed E-state index contributed by atoms with van der Waals surface area (Å²) in [5.41, 5.74) is 3.35. The molecular weight excluding hydrogens is 238 g/mol. The van der Waals surface area contributed by atoms with Gasteiger partial charge >= 0.3 is 0 Å². The van der Waals surface area contributed by atoms with Crippen LogP contribution in [0.1, 0.15) is 25.2 Å². The predicted molar refractivity (Wildman–Crippen MR) is 78.0 cm³/mol. The Balaban J connectivity index is 2.06. The lowest BCUT2D eigenvalue weighted by atomic mass is 9.95. The van der Waals surface area contributed by atoms with Gasteiger partial charge in [-0.05, 0) is 24.6 Å². The number of aliphatic hydroxyl groups excluding tert-OH is 1. The van der Waals surface area contributed by atoms with Gasteiger partial charge in [0.05, 0.1) is 11.0 Å². The summed E-state index contributed by atoms with van der Waals surface area (Å²) in [6.45, 7) is 7.90. The number of hydrogen-bond acceptors (Lipinski definition) is 3. The number of hydrogen-bond donors (Lipinski definition) is 2. The van der Waals surface area contributed by atoms with Crippen LogP contribution in [0.3, 0.4) is 0 Å². The lowest BCUT2D eigenvalue weighted by molar-refractivity contribution is 0.156. The topological polar surface area (TPSA) is 50.1 Å². The Hall–Kier alpha value is -1.39. The third-order valence-electron chi connectivity index (χ3n) is 3.53.